The maximum absolute atomic E-state index is 11.9. The Labute approximate surface area is 96.5 Å². The summed E-state index contributed by atoms with van der Waals surface area (Å²) in [6, 6.07) is 4.70. The van der Waals surface area contributed by atoms with Gasteiger partial charge in [0.2, 0.25) is 0 Å². The lowest BCUT2D eigenvalue weighted by Crippen LogP contribution is -2.19. The molecule has 0 saturated carbocycles. The van der Waals surface area contributed by atoms with Crippen molar-refractivity contribution >= 4 is 17.7 Å². The molecule has 0 saturated heterocycles. The minimum absolute atomic E-state index is 0.144. The molecule has 0 aliphatic rings. The van der Waals surface area contributed by atoms with Gasteiger partial charge in [-0.25, -0.2) is 0 Å². The predicted molar refractivity (Wildman–Crippen MR) is 57.6 cm³/mol. The quantitative estimate of drug-likeness (QED) is 0.734. The molecule has 0 aliphatic carbocycles. The Morgan fingerprint density at radius 1 is 1.31 bits per heavy atom. The maximum atomic E-state index is 11.9. The van der Waals surface area contributed by atoms with E-state index >= 15 is 0 Å². The molecular weight excluding hydrogens is 241 g/mol. The van der Waals surface area contributed by atoms with Crippen LogP contribution in [0.2, 0.25) is 0 Å². The van der Waals surface area contributed by atoms with Crippen LogP contribution in [0.5, 0.6) is 5.75 Å². The van der Waals surface area contributed by atoms with Gasteiger partial charge in [0.25, 0.3) is 0 Å². The zero-order valence-electron chi connectivity index (χ0n) is 8.35. The molecule has 88 valence electrons. The molecule has 0 heterocycles. The van der Waals surface area contributed by atoms with Crippen LogP contribution < -0.4 is 4.74 Å². The van der Waals surface area contributed by atoms with Crippen molar-refractivity contribution in [2.45, 2.75) is 12.1 Å². The van der Waals surface area contributed by atoms with Gasteiger partial charge in [-0.15, -0.1) is 11.6 Å². The fourth-order valence-electron chi connectivity index (χ4n) is 1.13. The summed E-state index contributed by atoms with van der Waals surface area (Å²) in [6.45, 7) is 2.23. The molecule has 0 aliphatic heterocycles. The first-order chi connectivity index (χ1) is 7.44. The molecule has 16 heavy (non-hydrogen) atoms. The van der Waals surface area contributed by atoms with Crippen molar-refractivity contribution in [1.82, 2.24) is 0 Å². The van der Waals surface area contributed by atoms with Crippen LogP contribution in [-0.4, -0.2) is 12.8 Å². The van der Waals surface area contributed by atoms with E-state index in [4.69, 9.17) is 11.6 Å². The normalized spacial score (nSPS) is 11.2. The smallest absolute Gasteiger partial charge is 0.422 e. The highest BCUT2D eigenvalue weighted by Crippen LogP contribution is 2.22. The molecule has 5 heteroatoms. The van der Waals surface area contributed by atoms with Crippen molar-refractivity contribution < 1.29 is 17.9 Å². The van der Waals surface area contributed by atoms with Gasteiger partial charge >= 0.3 is 6.18 Å². The van der Waals surface area contributed by atoms with Crippen LogP contribution in [-0.2, 0) is 5.88 Å². The van der Waals surface area contributed by atoms with Crippen molar-refractivity contribution in [3.05, 3.63) is 35.9 Å². The van der Waals surface area contributed by atoms with Crippen LogP contribution in [0.3, 0.4) is 0 Å². The van der Waals surface area contributed by atoms with E-state index in [1.165, 1.54) is 18.2 Å². The molecule has 0 fully saturated rings. The zero-order valence-corrected chi connectivity index (χ0v) is 9.11. The van der Waals surface area contributed by atoms with E-state index in [0.717, 1.165) is 0 Å². The fraction of sp³-hybridized carbons (Fsp3) is 0.273. The Morgan fingerprint density at radius 3 is 2.50 bits per heavy atom. The van der Waals surface area contributed by atoms with Crippen LogP contribution in [0, 0.1) is 0 Å². The van der Waals surface area contributed by atoms with Gasteiger partial charge in [0.1, 0.15) is 5.75 Å². The van der Waals surface area contributed by atoms with Crippen LogP contribution in [0.25, 0.3) is 6.08 Å². The number of hydrogen-bond acceptors (Lipinski definition) is 1. The fourth-order valence-corrected chi connectivity index (χ4v) is 1.28. The summed E-state index contributed by atoms with van der Waals surface area (Å²) >= 11 is 5.61. The van der Waals surface area contributed by atoms with Crippen molar-refractivity contribution in [2.75, 3.05) is 6.61 Å². The first-order valence-electron chi connectivity index (χ1n) is 4.46. The average molecular weight is 251 g/mol. The molecule has 0 N–H and O–H groups in total. The van der Waals surface area contributed by atoms with Crippen molar-refractivity contribution in [3.63, 3.8) is 0 Å². The highest BCUT2D eigenvalue weighted by Gasteiger charge is 2.28. The molecule has 0 spiro atoms. The average Bonchev–Trinajstić information content (AvgIpc) is 2.25. The third-order valence-corrected chi connectivity index (χ3v) is 2.09. The third-order valence-electron chi connectivity index (χ3n) is 1.78. The molecule has 0 amide bonds. The molecule has 1 aromatic rings. The van der Waals surface area contributed by atoms with E-state index < -0.39 is 12.8 Å². The SMILES string of the molecule is C=Cc1cc(CCl)cc(OCC(F)(F)F)c1. The van der Waals surface area contributed by atoms with Gasteiger partial charge in [0.15, 0.2) is 6.61 Å². The Morgan fingerprint density at radius 2 is 2.00 bits per heavy atom. The number of halogens is 4. The van der Waals surface area contributed by atoms with E-state index in [9.17, 15) is 13.2 Å². The van der Waals surface area contributed by atoms with Crippen molar-refractivity contribution in [3.8, 4) is 5.75 Å². The Balaban J connectivity index is 2.83. The van der Waals surface area contributed by atoms with Gasteiger partial charge in [-0.2, -0.15) is 13.2 Å². The molecule has 0 radical (unpaired) electrons. The Bertz CT molecular complexity index is 374. The summed E-state index contributed by atoms with van der Waals surface area (Å²) in [4.78, 5) is 0. The first kappa shape index (κ1) is 12.9. The summed E-state index contributed by atoms with van der Waals surface area (Å²) in [5, 5.41) is 0. The monoisotopic (exact) mass is 250 g/mol. The van der Waals surface area contributed by atoms with Crippen LogP contribution in [0.1, 0.15) is 11.1 Å². The van der Waals surface area contributed by atoms with Crippen LogP contribution >= 0.6 is 11.6 Å². The number of ether oxygens (including phenoxy) is 1. The van der Waals surface area contributed by atoms with Crippen molar-refractivity contribution in [1.29, 1.82) is 0 Å². The second kappa shape index (κ2) is 5.25. The Kier molecular flexibility index (Phi) is 4.24. The molecule has 1 rings (SSSR count). The standard InChI is InChI=1S/C11H10ClF3O/c1-2-8-3-9(6-12)5-10(4-8)16-7-11(13,14)15/h2-5H,1,6-7H2. The van der Waals surface area contributed by atoms with Crippen LogP contribution in [0.15, 0.2) is 24.8 Å². The summed E-state index contributed by atoms with van der Waals surface area (Å²) in [5.41, 5.74) is 1.37. The molecule has 1 nitrogen and oxygen atoms in total. The number of benzene rings is 1. The second-order valence-corrected chi connectivity index (χ2v) is 3.42. The lowest BCUT2D eigenvalue weighted by atomic mass is 10.1. The summed E-state index contributed by atoms with van der Waals surface area (Å²) in [7, 11) is 0. The van der Waals surface area contributed by atoms with Crippen LogP contribution in [0.4, 0.5) is 13.2 Å². The lowest BCUT2D eigenvalue weighted by Gasteiger charge is -2.10. The third kappa shape index (κ3) is 4.14. The topological polar surface area (TPSA) is 9.23 Å². The van der Waals surface area contributed by atoms with E-state index in [1.54, 1.807) is 6.07 Å². The molecule has 1 aromatic carbocycles. The first-order valence-corrected chi connectivity index (χ1v) is 5.00. The highest BCUT2D eigenvalue weighted by atomic mass is 35.5. The Hall–Kier alpha value is -1.16. The van der Waals surface area contributed by atoms with Gasteiger partial charge in [0, 0.05) is 5.88 Å². The number of rotatable bonds is 4. The molecular formula is C11H10ClF3O. The van der Waals surface area contributed by atoms with E-state index in [1.807, 2.05) is 0 Å². The number of alkyl halides is 4. The largest absolute Gasteiger partial charge is 0.484 e. The molecule has 0 bridgehead atoms. The highest BCUT2D eigenvalue weighted by molar-refractivity contribution is 6.17. The zero-order chi connectivity index (χ0) is 12.2. The molecule has 0 atom stereocenters. The number of hydrogen-bond donors (Lipinski definition) is 0. The van der Waals surface area contributed by atoms with E-state index in [-0.39, 0.29) is 11.6 Å². The van der Waals surface area contributed by atoms with Gasteiger partial charge in [0.05, 0.1) is 0 Å². The summed E-state index contributed by atoms with van der Waals surface area (Å²) in [6.07, 6.45) is -2.82. The van der Waals surface area contributed by atoms with Gasteiger partial charge < -0.3 is 4.74 Å². The van der Waals surface area contributed by atoms with E-state index in [0.29, 0.717) is 11.1 Å². The minimum atomic E-state index is -4.34. The summed E-state index contributed by atoms with van der Waals surface area (Å²) in [5.74, 6) is 0.356. The minimum Gasteiger partial charge on any atom is -0.484 e. The molecule has 0 aromatic heterocycles. The molecule has 0 unspecified atom stereocenters. The lowest BCUT2D eigenvalue weighted by molar-refractivity contribution is -0.153. The van der Waals surface area contributed by atoms with Gasteiger partial charge in [-0.3, -0.25) is 0 Å². The maximum Gasteiger partial charge on any atom is 0.422 e. The van der Waals surface area contributed by atoms with Gasteiger partial charge in [-0.1, -0.05) is 18.7 Å². The second-order valence-electron chi connectivity index (χ2n) is 3.15. The summed E-state index contributed by atoms with van der Waals surface area (Å²) < 4.78 is 40.4. The predicted octanol–water partition coefficient (Wildman–Crippen LogP) is 4.01. The van der Waals surface area contributed by atoms with E-state index in [2.05, 4.69) is 11.3 Å². The van der Waals surface area contributed by atoms with Gasteiger partial charge in [-0.05, 0) is 23.3 Å². The van der Waals surface area contributed by atoms with Crippen molar-refractivity contribution in [2.24, 2.45) is 0 Å².